The van der Waals surface area contributed by atoms with E-state index in [0.717, 1.165) is 10.8 Å². The average molecular weight is 437 g/mol. The van der Waals surface area contributed by atoms with Gasteiger partial charge in [0.15, 0.2) is 11.2 Å². The number of amides is 2. The van der Waals surface area contributed by atoms with E-state index in [1.165, 1.54) is 36.4 Å². The summed E-state index contributed by atoms with van der Waals surface area (Å²) in [5.74, 6) is -0.771. The molecule has 1 unspecified atom stereocenters. The maximum Gasteiger partial charge on any atom is 0.279 e. The van der Waals surface area contributed by atoms with E-state index in [2.05, 4.69) is 16.2 Å². The van der Waals surface area contributed by atoms with Gasteiger partial charge in [-0.2, -0.15) is 0 Å². The SMILES string of the molecule is CC(Oc1ccc2ccccc2c1)C(=O)NNC(=S)NC(=O)/C=C/c1ccc(F)cc1. The normalized spacial score (nSPS) is 11.7. The lowest BCUT2D eigenvalue weighted by molar-refractivity contribution is -0.128. The number of hydrogen-bond donors (Lipinski definition) is 3. The number of benzene rings is 3. The highest BCUT2D eigenvalue weighted by Gasteiger charge is 2.15. The summed E-state index contributed by atoms with van der Waals surface area (Å²) in [7, 11) is 0. The third-order valence-corrected chi connectivity index (χ3v) is 4.44. The first-order valence-corrected chi connectivity index (χ1v) is 9.81. The number of nitrogens with one attached hydrogen (secondary N) is 3. The lowest BCUT2D eigenvalue weighted by Crippen LogP contribution is -2.51. The molecule has 0 aliphatic heterocycles. The van der Waals surface area contributed by atoms with Gasteiger partial charge in [-0.3, -0.25) is 25.8 Å². The summed E-state index contributed by atoms with van der Waals surface area (Å²) in [4.78, 5) is 24.1. The van der Waals surface area contributed by atoms with Crippen molar-refractivity contribution >= 4 is 46.0 Å². The minimum atomic E-state index is -0.800. The summed E-state index contributed by atoms with van der Waals surface area (Å²) in [6.45, 7) is 1.60. The van der Waals surface area contributed by atoms with E-state index in [-0.39, 0.29) is 10.9 Å². The predicted octanol–water partition coefficient (Wildman–Crippen LogP) is 3.48. The number of carbonyl (C=O) groups is 2. The Morgan fingerprint density at radius 1 is 1.00 bits per heavy atom. The molecule has 158 valence electrons. The van der Waals surface area contributed by atoms with Crippen molar-refractivity contribution in [2.24, 2.45) is 0 Å². The number of thiocarbonyl (C=S) groups is 1. The van der Waals surface area contributed by atoms with Crippen LogP contribution in [0.5, 0.6) is 5.75 Å². The van der Waals surface area contributed by atoms with Crippen LogP contribution in [0.2, 0.25) is 0 Å². The van der Waals surface area contributed by atoms with Gasteiger partial charge in [-0.1, -0.05) is 42.5 Å². The van der Waals surface area contributed by atoms with Crippen molar-refractivity contribution in [2.45, 2.75) is 13.0 Å². The quantitative estimate of drug-likeness (QED) is 0.324. The fourth-order valence-electron chi connectivity index (χ4n) is 2.65. The number of ether oxygens (including phenoxy) is 1. The van der Waals surface area contributed by atoms with Gasteiger partial charge in [0.1, 0.15) is 11.6 Å². The topological polar surface area (TPSA) is 79.5 Å². The number of carbonyl (C=O) groups excluding carboxylic acids is 2. The molecule has 8 heteroatoms. The van der Waals surface area contributed by atoms with Crippen LogP contribution in [-0.2, 0) is 9.59 Å². The van der Waals surface area contributed by atoms with Gasteiger partial charge in [0.05, 0.1) is 0 Å². The van der Waals surface area contributed by atoms with E-state index in [1.54, 1.807) is 13.0 Å². The highest BCUT2D eigenvalue weighted by molar-refractivity contribution is 7.80. The average Bonchev–Trinajstić information content (AvgIpc) is 2.77. The van der Waals surface area contributed by atoms with Gasteiger partial charge < -0.3 is 4.74 Å². The minimum Gasteiger partial charge on any atom is -0.481 e. The summed E-state index contributed by atoms with van der Waals surface area (Å²) >= 11 is 4.98. The molecule has 0 saturated heterocycles. The predicted molar refractivity (Wildman–Crippen MR) is 121 cm³/mol. The van der Waals surface area contributed by atoms with E-state index in [4.69, 9.17) is 17.0 Å². The molecule has 2 amide bonds. The Morgan fingerprint density at radius 2 is 1.71 bits per heavy atom. The van der Waals surface area contributed by atoms with Gasteiger partial charge >= 0.3 is 0 Å². The molecule has 1 atom stereocenters. The molecule has 0 aromatic heterocycles. The molecule has 0 fully saturated rings. The minimum absolute atomic E-state index is 0.0833. The first-order chi connectivity index (χ1) is 14.9. The van der Waals surface area contributed by atoms with Crippen molar-refractivity contribution in [3.8, 4) is 5.75 Å². The number of rotatable bonds is 5. The van der Waals surface area contributed by atoms with E-state index >= 15 is 0 Å². The molecule has 0 aliphatic rings. The van der Waals surface area contributed by atoms with Crippen molar-refractivity contribution in [2.75, 3.05) is 0 Å². The highest BCUT2D eigenvalue weighted by Crippen LogP contribution is 2.21. The zero-order valence-electron chi connectivity index (χ0n) is 16.6. The van der Waals surface area contributed by atoms with Gasteiger partial charge in [0.25, 0.3) is 5.91 Å². The highest BCUT2D eigenvalue weighted by atomic mass is 32.1. The maximum absolute atomic E-state index is 12.9. The number of hydrazine groups is 1. The van der Waals surface area contributed by atoms with Crippen molar-refractivity contribution in [3.63, 3.8) is 0 Å². The summed E-state index contributed by atoms with van der Waals surface area (Å²) in [6, 6.07) is 19.0. The molecule has 0 saturated carbocycles. The van der Waals surface area contributed by atoms with E-state index in [9.17, 15) is 14.0 Å². The Hall–Kier alpha value is -3.78. The smallest absolute Gasteiger partial charge is 0.279 e. The van der Waals surface area contributed by atoms with Crippen LogP contribution in [0.1, 0.15) is 12.5 Å². The zero-order chi connectivity index (χ0) is 22.2. The lowest BCUT2D eigenvalue weighted by Gasteiger charge is -2.16. The van der Waals surface area contributed by atoms with Gasteiger partial charge in [-0.05, 0) is 65.8 Å². The van der Waals surface area contributed by atoms with E-state index in [1.807, 2.05) is 36.4 Å². The first-order valence-electron chi connectivity index (χ1n) is 9.40. The molecule has 3 aromatic rings. The van der Waals surface area contributed by atoms with Gasteiger partial charge in [-0.15, -0.1) is 0 Å². The standard InChI is InChI=1S/C23H20FN3O3S/c1-15(30-20-12-9-17-4-2-3-5-18(17)14-20)22(29)26-27-23(31)25-21(28)13-8-16-6-10-19(24)11-7-16/h2-15H,1H3,(H,26,29)(H2,25,27,28,31)/b13-8+. The summed E-state index contributed by atoms with van der Waals surface area (Å²) in [6.07, 6.45) is 1.95. The number of hydrogen-bond acceptors (Lipinski definition) is 4. The molecule has 6 nitrogen and oxygen atoms in total. The molecule has 3 N–H and O–H groups in total. The molecule has 3 rings (SSSR count). The van der Waals surface area contributed by atoms with Crippen LogP contribution in [0.3, 0.4) is 0 Å². The Kier molecular flexibility index (Phi) is 7.29. The monoisotopic (exact) mass is 437 g/mol. The van der Waals surface area contributed by atoms with Crippen LogP contribution < -0.4 is 20.9 Å². The Bertz CT molecular complexity index is 1130. The van der Waals surface area contributed by atoms with Crippen molar-refractivity contribution in [1.29, 1.82) is 0 Å². The van der Waals surface area contributed by atoms with Crippen LogP contribution >= 0.6 is 12.2 Å². The molecule has 3 aromatic carbocycles. The fraction of sp³-hybridized carbons (Fsp3) is 0.0870. The number of fused-ring (bicyclic) bond motifs is 1. The lowest BCUT2D eigenvalue weighted by atomic mass is 10.1. The van der Waals surface area contributed by atoms with E-state index in [0.29, 0.717) is 11.3 Å². The third kappa shape index (κ3) is 6.61. The maximum atomic E-state index is 12.9. The Balaban J connectivity index is 1.44. The van der Waals surface area contributed by atoms with Crippen LogP contribution in [0.4, 0.5) is 4.39 Å². The van der Waals surface area contributed by atoms with Crippen LogP contribution in [-0.4, -0.2) is 23.0 Å². The molecular weight excluding hydrogens is 417 g/mol. The van der Waals surface area contributed by atoms with Crippen LogP contribution in [0, 0.1) is 5.82 Å². The zero-order valence-corrected chi connectivity index (χ0v) is 17.4. The third-order valence-electron chi connectivity index (χ3n) is 4.24. The van der Waals surface area contributed by atoms with Crippen molar-refractivity contribution in [1.82, 2.24) is 16.2 Å². The molecule has 0 heterocycles. The van der Waals surface area contributed by atoms with E-state index < -0.39 is 17.9 Å². The second-order valence-corrected chi connectivity index (χ2v) is 6.99. The van der Waals surface area contributed by atoms with Crippen LogP contribution in [0.15, 0.2) is 72.8 Å². The Labute approximate surface area is 184 Å². The molecule has 0 spiro atoms. The van der Waals surface area contributed by atoms with Crippen molar-refractivity contribution < 1.29 is 18.7 Å². The molecule has 0 aliphatic carbocycles. The summed E-state index contributed by atoms with van der Waals surface area (Å²) < 4.78 is 18.5. The fourth-order valence-corrected chi connectivity index (χ4v) is 2.80. The molecule has 31 heavy (non-hydrogen) atoms. The summed E-state index contributed by atoms with van der Waals surface area (Å²) in [5.41, 5.74) is 5.50. The number of halogens is 1. The second-order valence-electron chi connectivity index (χ2n) is 6.59. The van der Waals surface area contributed by atoms with Gasteiger partial charge in [0.2, 0.25) is 5.91 Å². The second kappa shape index (κ2) is 10.3. The molecule has 0 radical (unpaired) electrons. The van der Waals surface area contributed by atoms with Crippen molar-refractivity contribution in [3.05, 3.63) is 84.2 Å². The largest absolute Gasteiger partial charge is 0.481 e. The molecular formula is C23H20FN3O3S. The van der Waals surface area contributed by atoms with Gasteiger partial charge in [0, 0.05) is 6.08 Å². The first kappa shape index (κ1) is 21.9. The Morgan fingerprint density at radius 3 is 2.45 bits per heavy atom. The van der Waals surface area contributed by atoms with Gasteiger partial charge in [-0.25, -0.2) is 4.39 Å². The summed E-state index contributed by atoms with van der Waals surface area (Å²) in [5, 5.41) is 4.38. The molecule has 0 bridgehead atoms. The van der Waals surface area contributed by atoms with Crippen LogP contribution in [0.25, 0.3) is 16.8 Å².